The van der Waals surface area contributed by atoms with Gasteiger partial charge in [-0.3, -0.25) is 4.79 Å². The van der Waals surface area contributed by atoms with Crippen LogP contribution in [0.1, 0.15) is 38.3 Å². The van der Waals surface area contributed by atoms with Gasteiger partial charge in [-0.1, -0.05) is 72.2 Å². The number of fused-ring (bicyclic) bond motifs is 1. The lowest BCUT2D eigenvalue weighted by Gasteiger charge is -2.38. The Hall–Kier alpha value is -2.73. The molecular formula is C23H21BrN4O. The number of carbonyl (C=O) groups is 1. The highest BCUT2D eigenvalue weighted by molar-refractivity contribution is 9.10. The number of Topliss-reactive ketones (excluding diaryl/α,β-unsaturated/α-hetero) is 1. The highest BCUT2D eigenvalue weighted by atomic mass is 79.9. The molecule has 146 valence electrons. The molecule has 29 heavy (non-hydrogen) atoms. The zero-order valence-corrected chi connectivity index (χ0v) is 17.9. The van der Waals surface area contributed by atoms with Gasteiger partial charge >= 0.3 is 0 Å². The molecule has 0 saturated carbocycles. The van der Waals surface area contributed by atoms with E-state index >= 15 is 0 Å². The number of anilines is 1. The third kappa shape index (κ3) is 3.21. The number of benzene rings is 2. The van der Waals surface area contributed by atoms with Crippen molar-refractivity contribution in [1.29, 1.82) is 0 Å². The van der Waals surface area contributed by atoms with Crippen LogP contribution in [0.2, 0.25) is 0 Å². The molecule has 0 radical (unpaired) electrons. The van der Waals surface area contributed by atoms with Crippen molar-refractivity contribution in [2.24, 2.45) is 5.41 Å². The van der Waals surface area contributed by atoms with Crippen LogP contribution in [0.4, 0.5) is 5.95 Å². The van der Waals surface area contributed by atoms with E-state index in [0.29, 0.717) is 18.2 Å². The molecule has 1 aromatic heterocycles. The van der Waals surface area contributed by atoms with Crippen LogP contribution in [-0.2, 0) is 4.79 Å². The maximum absolute atomic E-state index is 13.2. The fourth-order valence-corrected chi connectivity index (χ4v) is 4.54. The van der Waals surface area contributed by atoms with Crippen LogP contribution in [0.3, 0.4) is 0 Å². The van der Waals surface area contributed by atoms with E-state index in [1.54, 1.807) is 0 Å². The van der Waals surface area contributed by atoms with Gasteiger partial charge in [0.05, 0.1) is 0 Å². The average molecular weight is 449 g/mol. The van der Waals surface area contributed by atoms with Crippen molar-refractivity contribution >= 4 is 27.7 Å². The Morgan fingerprint density at radius 3 is 2.52 bits per heavy atom. The van der Waals surface area contributed by atoms with E-state index in [9.17, 15) is 4.79 Å². The number of rotatable bonds is 2. The van der Waals surface area contributed by atoms with Gasteiger partial charge in [0.1, 0.15) is 6.04 Å². The quantitative estimate of drug-likeness (QED) is 0.572. The van der Waals surface area contributed by atoms with Crippen molar-refractivity contribution in [3.63, 3.8) is 0 Å². The van der Waals surface area contributed by atoms with E-state index in [1.165, 1.54) is 0 Å². The number of hydrogen-bond acceptors (Lipinski definition) is 4. The number of nitrogens with zero attached hydrogens (tertiary/aromatic N) is 3. The monoisotopic (exact) mass is 448 g/mol. The lowest BCUT2D eigenvalue weighted by molar-refractivity contribution is -0.118. The van der Waals surface area contributed by atoms with E-state index in [-0.39, 0.29) is 17.2 Å². The molecule has 0 spiro atoms. The Morgan fingerprint density at radius 1 is 1.07 bits per heavy atom. The summed E-state index contributed by atoms with van der Waals surface area (Å²) in [5.74, 6) is 1.52. The molecule has 5 nitrogen and oxygen atoms in total. The Labute approximate surface area is 178 Å². The molecule has 2 heterocycles. The number of allylic oxidation sites excluding steroid dienone is 2. The number of nitrogens with one attached hydrogen (secondary N) is 1. The molecule has 1 aliphatic carbocycles. The minimum Gasteiger partial charge on any atom is -0.328 e. The molecule has 5 rings (SSSR count). The molecule has 3 aromatic rings. The summed E-state index contributed by atoms with van der Waals surface area (Å²) in [4.78, 5) is 18.0. The highest BCUT2D eigenvalue weighted by Crippen LogP contribution is 2.45. The standard InChI is InChI=1S/C23H21BrN4O/c1-23(2)12-17-19(18(29)13-23)20(14-8-10-16(24)11-9-14)28-22(25-17)26-21(27-28)15-6-4-3-5-7-15/h3-11,20H,12-13H2,1-2H3,(H,25,26,27)/t20-/m0/s1. The first kappa shape index (κ1) is 18.3. The number of carbonyl (C=O) groups excluding carboxylic acids is 1. The van der Waals surface area contributed by atoms with Gasteiger partial charge in [0.2, 0.25) is 5.95 Å². The van der Waals surface area contributed by atoms with E-state index in [1.807, 2.05) is 59.3 Å². The molecule has 0 saturated heterocycles. The smallest absolute Gasteiger partial charge is 0.226 e. The molecule has 1 N–H and O–H groups in total. The lowest BCUT2D eigenvalue weighted by atomic mass is 9.73. The average Bonchev–Trinajstić information content (AvgIpc) is 3.10. The van der Waals surface area contributed by atoms with Gasteiger partial charge in [0, 0.05) is 27.7 Å². The molecule has 2 aliphatic rings. The second kappa shape index (κ2) is 6.66. The molecule has 0 fully saturated rings. The molecule has 0 bridgehead atoms. The van der Waals surface area contributed by atoms with Crippen molar-refractivity contribution < 1.29 is 4.79 Å². The van der Waals surface area contributed by atoms with Crippen molar-refractivity contribution in [3.8, 4) is 11.4 Å². The second-order valence-electron chi connectivity index (χ2n) is 8.48. The minimum atomic E-state index is -0.275. The van der Waals surface area contributed by atoms with Gasteiger partial charge < -0.3 is 5.32 Å². The number of hydrogen-bond donors (Lipinski definition) is 1. The first-order valence-corrected chi connectivity index (χ1v) is 10.5. The Bertz CT molecular complexity index is 1130. The topological polar surface area (TPSA) is 59.8 Å². The molecule has 0 amide bonds. The fraction of sp³-hybridized carbons (Fsp3) is 0.261. The Balaban J connectivity index is 1.69. The van der Waals surface area contributed by atoms with E-state index in [4.69, 9.17) is 10.1 Å². The highest BCUT2D eigenvalue weighted by Gasteiger charge is 2.41. The summed E-state index contributed by atoms with van der Waals surface area (Å²) < 4.78 is 2.87. The molecule has 6 heteroatoms. The summed E-state index contributed by atoms with van der Waals surface area (Å²) in [6.45, 7) is 4.28. The van der Waals surface area contributed by atoms with Gasteiger partial charge in [-0.25, -0.2) is 4.68 Å². The normalized spacial score (nSPS) is 20.1. The van der Waals surface area contributed by atoms with Crippen molar-refractivity contribution in [3.05, 3.63) is 75.9 Å². The van der Waals surface area contributed by atoms with Gasteiger partial charge in [-0.2, -0.15) is 4.98 Å². The predicted octanol–water partition coefficient (Wildman–Crippen LogP) is 5.37. The zero-order chi connectivity index (χ0) is 20.2. The number of ketones is 1. The Kier molecular flexibility index (Phi) is 4.21. The van der Waals surface area contributed by atoms with E-state index in [2.05, 4.69) is 35.1 Å². The summed E-state index contributed by atoms with van der Waals surface area (Å²) in [6.07, 6.45) is 1.35. The molecular weight excluding hydrogens is 428 g/mol. The van der Waals surface area contributed by atoms with E-state index in [0.717, 1.165) is 33.3 Å². The van der Waals surface area contributed by atoms with Crippen molar-refractivity contribution in [2.75, 3.05) is 5.32 Å². The lowest BCUT2D eigenvalue weighted by Crippen LogP contribution is -2.36. The van der Waals surface area contributed by atoms with Crippen LogP contribution >= 0.6 is 15.9 Å². The summed E-state index contributed by atoms with van der Waals surface area (Å²) in [6, 6.07) is 17.7. The van der Waals surface area contributed by atoms with Crippen LogP contribution in [0.15, 0.2) is 70.3 Å². The minimum absolute atomic E-state index is 0.0718. The van der Waals surface area contributed by atoms with E-state index < -0.39 is 0 Å². The zero-order valence-electron chi connectivity index (χ0n) is 16.3. The maximum Gasteiger partial charge on any atom is 0.226 e. The van der Waals surface area contributed by atoms with Crippen molar-refractivity contribution in [2.45, 2.75) is 32.7 Å². The third-order valence-corrected chi connectivity index (χ3v) is 6.08. The Morgan fingerprint density at radius 2 is 1.79 bits per heavy atom. The maximum atomic E-state index is 13.2. The summed E-state index contributed by atoms with van der Waals surface area (Å²) >= 11 is 3.51. The largest absolute Gasteiger partial charge is 0.328 e. The molecule has 1 aliphatic heterocycles. The predicted molar refractivity (Wildman–Crippen MR) is 116 cm³/mol. The fourth-order valence-electron chi connectivity index (χ4n) is 4.27. The third-order valence-electron chi connectivity index (χ3n) is 5.55. The van der Waals surface area contributed by atoms with Crippen LogP contribution < -0.4 is 5.32 Å². The van der Waals surface area contributed by atoms with Crippen molar-refractivity contribution in [1.82, 2.24) is 14.8 Å². The SMILES string of the molecule is CC1(C)CC(=O)C2=C(C1)Nc1nc(-c3ccccc3)nn1[C@H]2c1ccc(Br)cc1. The van der Waals surface area contributed by atoms with Crippen LogP contribution in [-0.4, -0.2) is 20.5 Å². The second-order valence-corrected chi connectivity index (χ2v) is 9.40. The number of halogens is 1. The number of aromatic nitrogens is 3. The van der Waals surface area contributed by atoms with Gasteiger partial charge in [0.25, 0.3) is 0 Å². The molecule has 1 atom stereocenters. The van der Waals surface area contributed by atoms with Gasteiger partial charge in [-0.15, -0.1) is 5.10 Å². The van der Waals surface area contributed by atoms with Crippen LogP contribution in [0, 0.1) is 5.41 Å². The molecule has 2 aromatic carbocycles. The first-order chi connectivity index (χ1) is 13.9. The van der Waals surface area contributed by atoms with Gasteiger partial charge in [-0.05, 0) is 29.5 Å². The van der Waals surface area contributed by atoms with Crippen LogP contribution in [0.25, 0.3) is 11.4 Å². The summed E-state index contributed by atoms with van der Waals surface area (Å²) in [7, 11) is 0. The van der Waals surface area contributed by atoms with Gasteiger partial charge in [0.15, 0.2) is 11.6 Å². The summed E-state index contributed by atoms with van der Waals surface area (Å²) in [5.41, 5.74) is 3.69. The summed E-state index contributed by atoms with van der Waals surface area (Å²) in [5, 5.41) is 8.23. The first-order valence-electron chi connectivity index (χ1n) is 9.72. The van der Waals surface area contributed by atoms with Crippen LogP contribution in [0.5, 0.6) is 0 Å². The molecule has 0 unspecified atom stereocenters.